The first kappa shape index (κ1) is 17.0. The van der Waals surface area contributed by atoms with Gasteiger partial charge in [0.2, 0.25) is 11.7 Å². The van der Waals surface area contributed by atoms with E-state index in [1.807, 2.05) is 0 Å². The van der Waals surface area contributed by atoms with Gasteiger partial charge in [0.05, 0.1) is 0 Å². The van der Waals surface area contributed by atoms with E-state index in [0.29, 0.717) is 6.42 Å². The van der Waals surface area contributed by atoms with Crippen LogP contribution in [0, 0.1) is 5.92 Å². The highest BCUT2D eigenvalue weighted by molar-refractivity contribution is 8.17. The second kappa shape index (κ2) is 6.40. The minimum atomic E-state index is -1.18. The predicted octanol–water partition coefficient (Wildman–Crippen LogP) is 1.47. The van der Waals surface area contributed by atoms with Crippen LogP contribution in [0.5, 0.6) is 0 Å². The van der Waals surface area contributed by atoms with E-state index in [1.54, 1.807) is 13.8 Å². The predicted molar refractivity (Wildman–Crippen MR) is 81.4 cm³/mol. The molecule has 1 aliphatic carbocycles. The molecule has 1 saturated carbocycles. The van der Waals surface area contributed by atoms with Gasteiger partial charge in [-0.1, -0.05) is 31.5 Å². The van der Waals surface area contributed by atoms with Gasteiger partial charge in [-0.3, -0.25) is 19.2 Å². The zero-order valence-electron chi connectivity index (χ0n) is 12.8. The summed E-state index contributed by atoms with van der Waals surface area (Å²) in [5, 5.41) is 8.52. The van der Waals surface area contributed by atoms with Crippen molar-refractivity contribution in [2.75, 3.05) is 6.54 Å². The van der Waals surface area contributed by atoms with Crippen molar-refractivity contribution in [3.63, 3.8) is 0 Å². The zero-order chi connectivity index (χ0) is 16.5. The van der Waals surface area contributed by atoms with Gasteiger partial charge in [-0.15, -0.1) is 0 Å². The lowest BCUT2D eigenvalue weighted by atomic mass is 9.86. The number of hydrogen-bond donors (Lipinski definition) is 1. The van der Waals surface area contributed by atoms with Gasteiger partial charge in [0, 0.05) is 12.0 Å². The van der Waals surface area contributed by atoms with E-state index in [1.165, 1.54) is 4.90 Å². The van der Waals surface area contributed by atoms with Crippen LogP contribution in [0.3, 0.4) is 0 Å². The molecule has 6 nitrogen and oxygen atoms in total. The van der Waals surface area contributed by atoms with Crippen LogP contribution in [0.15, 0.2) is 0 Å². The summed E-state index contributed by atoms with van der Waals surface area (Å²) in [7, 11) is 0. The van der Waals surface area contributed by atoms with Crippen LogP contribution in [0.4, 0.5) is 0 Å². The molecule has 2 aliphatic rings. The van der Waals surface area contributed by atoms with E-state index < -0.39 is 33.4 Å². The van der Waals surface area contributed by atoms with Crippen molar-refractivity contribution in [1.29, 1.82) is 0 Å². The summed E-state index contributed by atoms with van der Waals surface area (Å²) in [6, 6.07) is -0.107. The average molecular weight is 327 g/mol. The molecular formula is C15H21NO5S. The lowest BCUT2D eigenvalue weighted by Gasteiger charge is -2.36. The highest BCUT2D eigenvalue weighted by Gasteiger charge is 2.56. The molecule has 2 fully saturated rings. The number of carbonyl (C=O) groups excluding carboxylic acids is 3. The Morgan fingerprint density at radius 1 is 1.32 bits per heavy atom. The van der Waals surface area contributed by atoms with E-state index in [0.717, 1.165) is 37.4 Å². The molecule has 1 saturated heterocycles. The summed E-state index contributed by atoms with van der Waals surface area (Å²) in [6.45, 7) is 2.99. The topological polar surface area (TPSA) is 91.8 Å². The second-order valence-electron chi connectivity index (χ2n) is 6.09. The molecule has 0 radical (unpaired) electrons. The van der Waals surface area contributed by atoms with Crippen LogP contribution in [0.25, 0.3) is 0 Å². The summed E-state index contributed by atoms with van der Waals surface area (Å²) in [4.78, 5) is 49.2. The third-order valence-corrected chi connectivity index (χ3v) is 5.92. The third kappa shape index (κ3) is 2.91. The maximum Gasteiger partial charge on any atom is 0.323 e. The van der Waals surface area contributed by atoms with Crippen molar-refractivity contribution >= 4 is 34.5 Å². The molecule has 2 atom stereocenters. The van der Waals surface area contributed by atoms with Crippen LogP contribution in [0.1, 0.15) is 46.0 Å². The van der Waals surface area contributed by atoms with Crippen LogP contribution in [-0.2, 0) is 19.2 Å². The molecule has 22 heavy (non-hydrogen) atoms. The van der Waals surface area contributed by atoms with Gasteiger partial charge < -0.3 is 10.0 Å². The number of ketones is 1. The quantitative estimate of drug-likeness (QED) is 0.769. The standard InChI is InChI=1S/C15H21NO5S/c1-3-10-12(19)13(20)22-15(10,2)14(21)16(8-11(17)18)9-6-4-5-7-9/h9-10H,3-8H2,1-2H3,(H,17,18). The minimum absolute atomic E-state index is 0.107. The van der Waals surface area contributed by atoms with Crippen molar-refractivity contribution in [2.45, 2.75) is 56.7 Å². The number of nitrogens with zero attached hydrogens (tertiary/aromatic N) is 1. The molecule has 1 N–H and O–H groups in total. The number of carbonyl (C=O) groups is 4. The maximum absolute atomic E-state index is 13.0. The summed E-state index contributed by atoms with van der Waals surface area (Å²) in [5.41, 5.74) is 0. The van der Waals surface area contributed by atoms with E-state index in [-0.39, 0.29) is 12.6 Å². The van der Waals surface area contributed by atoms with Gasteiger partial charge in [-0.25, -0.2) is 0 Å². The van der Waals surface area contributed by atoms with Crippen LogP contribution in [-0.4, -0.2) is 50.1 Å². The molecule has 0 aromatic carbocycles. The fraction of sp³-hybridized carbons (Fsp3) is 0.733. The number of amides is 1. The second-order valence-corrected chi connectivity index (χ2v) is 7.51. The van der Waals surface area contributed by atoms with Crippen molar-refractivity contribution in [3.05, 3.63) is 0 Å². The molecule has 122 valence electrons. The highest BCUT2D eigenvalue weighted by atomic mass is 32.2. The van der Waals surface area contributed by atoms with Gasteiger partial charge in [-0.05, 0) is 26.2 Å². The smallest absolute Gasteiger partial charge is 0.323 e. The Morgan fingerprint density at radius 3 is 2.41 bits per heavy atom. The number of thioether (sulfide) groups is 1. The summed E-state index contributed by atoms with van der Waals surface area (Å²) in [5.74, 6) is -2.66. The van der Waals surface area contributed by atoms with Crippen molar-refractivity contribution < 1.29 is 24.3 Å². The van der Waals surface area contributed by atoms with E-state index >= 15 is 0 Å². The number of carboxylic acid groups (broad SMARTS) is 1. The van der Waals surface area contributed by atoms with E-state index in [9.17, 15) is 19.2 Å². The van der Waals surface area contributed by atoms with Crippen LogP contribution >= 0.6 is 11.8 Å². The molecule has 0 aromatic rings. The number of hydrogen-bond acceptors (Lipinski definition) is 5. The fourth-order valence-electron chi connectivity index (χ4n) is 3.49. The minimum Gasteiger partial charge on any atom is -0.480 e. The Balaban J connectivity index is 2.30. The first-order valence-corrected chi connectivity index (χ1v) is 8.43. The largest absolute Gasteiger partial charge is 0.480 e. The Labute approximate surface area is 133 Å². The number of rotatable bonds is 5. The number of carboxylic acids is 1. The molecule has 0 aromatic heterocycles. The van der Waals surface area contributed by atoms with Crippen LogP contribution < -0.4 is 0 Å². The molecule has 1 aliphatic heterocycles. The Hall–Kier alpha value is -1.37. The molecular weight excluding hydrogens is 306 g/mol. The number of aliphatic carboxylic acids is 1. The normalized spacial score (nSPS) is 29.1. The van der Waals surface area contributed by atoms with Crippen LogP contribution in [0.2, 0.25) is 0 Å². The van der Waals surface area contributed by atoms with Crippen molar-refractivity contribution in [1.82, 2.24) is 4.90 Å². The molecule has 1 heterocycles. The maximum atomic E-state index is 13.0. The Kier molecular flexibility index (Phi) is 4.94. The first-order valence-electron chi connectivity index (χ1n) is 7.61. The molecule has 7 heteroatoms. The van der Waals surface area contributed by atoms with E-state index in [2.05, 4.69) is 0 Å². The van der Waals surface area contributed by atoms with Gasteiger partial charge in [0.15, 0.2) is 0 Å². The molecule has 0 spiro atoms. The van der Waals surface area contributed by atoms with E-state index in [4.69, 9.17) is 5.11 Å². The Bertz CT molecular complexity index is 514. The van der Waals surface area contributed by atoms with Crippen molar-refractivity contribution in [3.8, 4) is 0 Å². The lowest BCUT2D eigenvalue weighted by molar-refractivity contribution is -0.148. The Morgan fingerprint density at radius 2 is 1.91 bits per heavy atom. The van der Waals surface area contributed by atoms with Gasteiger partial charge in [-0.2, -0.15) is 0 Å². The average Bonchev–Trinajstić information content (AvgIpc) is 3.04. The fourth-order valence-corrected chi connectivity index (χ4v) is 4.74. The summed E-state index contributed by atoms with van der Waals surface area (Å²) in [6.07, 6.45) is 3.88. The monoisotopic (exact) mass is 327 g/mol. The van der Waals surface area contributed by atoms with Gasteiger partial charge in [0.25, 0.3) is 5.12 Å². The van der Waals surface area contributed by atoms with Gasteiger partial charge >= 0.3 is 5.97 Å². The summed E-state index contributed by atoms with van der Waals surface area (Å²) >= 11 is 0.758. The van der Waals surface area contributed by atoms with Crippen molar-refractivity contribution in [2.24, 2.45) is 5.92 Å². The highest BCUT2D eigenvalue weighted by Crippen LogP contribution is 2.45. The first-order chi connectivity index (χ1) is 10.3. The molecule has 0 bridgehead atoms. The number of Topliss-reactive ketones (excluding diaryl/α,β-unsaturated/α-hetero) is 1. The molecule has 1 amide bonds. The molecule has 2 unspecified atom stereocenters. The lowest BCUT2D eigenvalue weighted by Crippen LogP contribution is -2.53. The van der Waals surface area contributed by atoms with Gasteiger partial charge in [0.1, 0.15) is 11.3 Å². The SMILES string of the molecule is CCC1C(=O)C(=O)SC1(C)C(=O)N(CC(=O)O)C1CCCC1. The summed E-state index contributed by atoms with van der Waals surface area (Å²) < 4.78 is -1.18. The zero-order valence-corrected chi connectivity index (χ0v) is 13.6. The molecule has 2 rings (SSSR count). The third-order valence-electron chi connectivity index (χ3n) is 4.65.